The first-order valence-electron chi connectivity index (χ1n) is 8.48. The Morgan fingerprint density at radius 1 is 1.07 bits per heavy atom. The topological polar surface area (TPSA) is 47.1 Å². The summed E-state index contributed by atoms with van der Waals surface area (Å²) < 4.78 is 60.5. The number of hydrogen-bond donors (Lipinski definition) is 1. The maximum Gasteiger partial charge on any atom is 0.573 e. The molecule has 142 valence electrons. The molecule has 0 atom stereocenters. The molecule has 0 bridgehead atoms. The van der Waals surface area contributed by atoms with Gasteiger partial charge in [-0.3, -0.25) is 0 Å². The largest absolute Gasteiger partial charge is 0.573 e. The van der Waals surface area contributed by atoms with Gasteiger partial charge in [0.1, 0.15) is 24.0 Å². The molecule has 2 aromatic carbocycles. The van der Waals surface area contributed by atoms with E-state index in [1.807, 2.05) is 0 Å². The summed E-state index contributed by atoms with van der Waals surface area (Å²) in [4.78, 5) is 7.29. The minimum absolute atomic E-state index is 0.104. The zero-order valence-corrected chi connectivity index (χ0v) is 14.1. The predicted octanol–water partition coefficient (Wildman–Crippen LogP) is 5.19. The first-order chi connectivity index (χ1) is 12.9. The maximum atomic E-state index is 13.2. The number of fused-ring (bicyclic) bond motifs is 1. The second kappa shape index (κ2) is 6.84. The van der Waals surface area contributed by atoms with Crippen LogP contribution in [-0.2, 0) is 18.0 Å². The van der Waals surface area contributed by atoms with Crippen molar-refractivity contribution in [2.45, 2.75) is 38.3 Å². The standard InChI is InChI=1S/C19H16F4N2O2/c20-13-4-5-15-16(8-13)25-18(24-15)10-26-9-11-1-6-17(27-19(21,22)23)14(7-11)12-2-3-12/h1,4-8,12H,2-3,9-10H2,(H,24,25). The highest BCUT2D eigenvalue weighted by atomic mass is 19.4. The van der Waals surface area contributed by atoms with Gasteiger partial charge in [0.25, 0.3) is 0 Å². The van der Waals surface area contributed by atoms with Crippen LogP contribution in [0, 0.1) is 5.82 Å². The number of halogens is 4. The molecule has 1 heterocycles. The summed E-state index contributed by atoms with van der Waals surface area (Å²) in [6.07, 6.45) is -3.00. The van der Waals surface area contributed by atoms with Gasteiger partial charge in [-0.05, 0) is 54.2 Å². The van der Waals surface area contributed by atoms with Crippen LogP contribution in [0.25, 0.3) is 11.0 Å². The number of alkyl halides is 3. The Morgan fingerprint density at radius 2 is 1.89 bits per heavy atom. The average Bonchev–Trinajstić information content (AvgIpc) is 3.35. The van der Waals surface area contributed by atoms with E-state index in [0.29, 0.717) is 22.4 Å². The lowest BCUT2D eigenvalue weighted by Gasteiger charge is -2.14. The number of nitrogens with one attached hydrogen (secondary N) is 1. The van der Waals surface area contributed by atoms with Crippen molar-refractivity contribution in [3.63, 3.8) is 0 Å². The Balaban J connectivity index is 1.42. The third-order valence-corrected chi connectivity index (χ3v) is 4.32. The summed E-state index contributed by atoms with van der Waals surface area (Å²) in [5, 5.41) is 0. The molecule has 8 heteroatoms. The molecule has 1 aliphatic carbocycles. The third-order valence-electron chi connectivity index (χ3n) is 4.32. The van der Waals surface area contributed by atoms with Gasteiger partial charge in [-0.2, -0.15) is 0 Å². The molecule has 0 aliphatic heterocycles. The molecule has 0 unspecified atom stereocenters. The van der Waals surface area contributed by atoms with E-state index in [1.165, 1.54) is 18.2 Å². The van der Waals surface area contributed by atoms with E-state index in [-0.39, 0.29) is 30.7 Å². The van der Waals surface area contributed by atoms with Crippen molar-refractivity contribution in [1.29, 1.82) is 0 Å². The monoisotopic (exact) mass is 380 g/mol. The van der Waals surface area contributed by atoms with Crippen LogP contribution in [0.5, 0.6) is 5.75 Å². The van der Waals surface area contributed by atoms with Gasteiger partial charge in [0.15, 0.2) is 0 Å². The minimum atomic E-state index is -4.71. The van der Waals surface area contributed by atoms with Crippen molar-refractivity contribution < 1.29 is 27.0 Å². The van der Waals surface area contributed by atoms with E-state index < -0.39 is 6.36 Å². The second-order valence-electron chi connectivity index (χ2n) is 6.53. The summed E-state index contributed by atoms with van der Waals surface area (Å²) in [7, 11) is 0. The van der Waals surface area contributed by atoms with Crippen molar-refractivity contribution in [3.05, 3.63) is 59.2 Å². The first kappa shape index (κ1) is 17.8. The Kier molecular flexibility index (Phi) is 4.51. The molecule has 3 aromatic rings. The van der Waals surface area contributed by atoms with E-state index in [0.717, 1.165) is 18.4 Å². The molecule has 1 saturated carbocycles. The molecule has 0 saturated heterocycles. The highest BCUT2D eigenvalue weighted by molar-refractivity contribution is 5.74. The average molecular weight is 380 g/mol. The number of hydrogen-bond acceptors (Lipinski definition) is 3. The predicted molar refractivity (Wildman–Crippen MR) is 89.6 cm³/mol. The zero-order valence-electron chi connectivity index (χ0n) is 14.1. The number of benzene rings is 2. The summed E-state index contributed by atoms with van der Waals surface area (Å²) in [6.45, 7) is 0.396. The fraction of sp³-hybridized carbons (Fsp3) is 0.316. The van der Waals surface area contributed by atoms with Gasteiger partial charge in [0.05, 0.1) is 17.6 Å². The molecule has 4 nitrogen and oxygen atoms in total. The second-order valence-corrected chi connectivity index (χ2v) is 6.53. The first-order valence-corrected chi connectivity index (χ1v) is 8.48. The molecule has 0 amide bonds. The Bertz CT molecular complexity index is 964. The van der Waals surface area contributed by atoms with Crippen molar-refractivity contribution in [2.75, 3.05) is 0 Å². The molecule has 27 heavy (non-hydrogen) atoms. The Morgan fingerprint density at radius 3 is 2.63 bits per heavy atom. The highest BCUT2D eigenvalue weighted by Gasteiger charge is 2.35. The molecular weight excluding hydrogens is 364 g/mol. The Labute approximate surface area is 152 Å². The third kappa shape index (κ3) is 4.39. The van der Waals surface area contributed by atoms with Crippen molar-refractivity contribution >= 4 is 11.0 Å². The van der Waals surface area contributed by atoms with Gasteiger partial charge in [-0.25, -0.2) is 9.37 Å². The van der Waals surface area contributed by atoms with E-state index in [4.69, 9.17) is 4.74 Å². The fourth-order valence-electron chi connectivity index (χ4n) is 2.98. The van der Waals surface area contributed by atoms with Crippen molar-refractivity contribution in [3.8, 4) is 5.75 Å². The lowest BCUT2D eigenvalue weighted by Crippen LogP contribution is -2.18. The summed E-state index contributed by atoms with van der Waals surface area (Å²) >= 11 is 0. The maximum absolute atomic E-state index is 13.2. The summed E-state index contributed by atoms with van der Waals surface area (Å²) in [5.74, 6) is 0.144. The van der Waals surface area contributed by atoms with Crippen LogP contribution in [0.1, 0.15) is 35.7 Å². The molecule has 4 rings (SSSR count). The number of imidazole rings is 1. The Hall–Kier alpha value is -2.61. The van der Waals surface area contributed by atoms with Crippen molar-refractivity contribution in [1.82, 2.24) is 9.97 Å². The fourth-order valence-corrected chi connectivity index (χ4v) is 2.98. The molecule has 1 fully saturated rings. The molecular formula is C19H16F4N2O2. The highest BCUT2D eigenvalue weighted by Crippen LogP contribution is 2.45. The van der Waals surface area contributed by atoms with Gasteiger partial charge in [0, 0.05) is 6.07 Å². The summed E-state index contributed by atoms with van der Waals surface area (Å²) in [5.41, 5.74) is 2.54. The van der Waals surface area contributed by atoms with E-state index >= 15 is 0 Å². The molecule has 1 aliphatic rings. The number of ether oxygens (including phenoxy) is 2. The molecule has 1 N–H and O–H groups in total. The minimum Gasteiger partial charge on any atom is -0.405 e. The quantitative estimate of drug-likeness (QED) is 0.599. The number of nitrogens with zero attached hydrogens (tertiary/aromatic N) is 1. The number of aromatic amines is 1. The summed E-state index contributed by atoms with van der Waals surface area (Å²) in [6, 6.07) is 8.87. The lowest BCUT2D eigenvalue weighted by molar-refractivity contribution is -0.274. The number of aromatic nitrogens is 2. The van der Waals surface area contributed by atoms with Crippen LogP contribution in [0.15, 0.2) is 36.4 Å². The van der Waals surface area contributed by atoms with Gasteiger partial charge < -0.3 is 14.5 Å². The zero-order chi connectivity index (χ0) is 19.0. The van der Waals surface area contributed by atoms with Crippen LogP contribution in [0.4, 0.5) is 17.6 Å². The van der Waals surface area contributed by atoms with E-state index in [2.05, 4.69) is 14.7 Å². The van der Waals surface area contributed by atoms with Crippen LogP contribution in [-0.4, -0.2) is 16.3 Å². The van der Waals surface area contributed by atoms with Gasteiger partial charge in [-0.1, -0.05) is 6.07 Å². The lowest BCUT2D eigenvalue weighted by atomic mass is 10.1. The number of H-pyrrole nitrogens is 1. The molecule has 1 aromatic heterocycles. The molecule has 0 spiro atoms. The number of rotatable bonds is 6. The van der Waals surface area contributed by atoms with Gasteiger partial charge in [0.2, 0.25) is 0 Å². The SMILES string of the molecule is Fc1ccc2[nH]c(COCc3ccc(OC(F)(F)F)c(C4CC4)c3)nc2c1. The van der Waals surface area contributed by atoms with Gasteiger partial charge >= 0.3 is 6.36 Å². The van der Waals surface area contributed by atoms with Crippen LogP contribution >= 0.6 is 0 Å². The van der Waals surface area contributed by atoms with Gasteiger partial charge in [-0.15, -0.1) is 13.2 Å². The van der Waals surface area contributed by atoms with E-state index in [1.54, 1.807) is 18.2 Å². The van der Waals surface area contributed by atoms with E-state index in [9.17, 15) is 17.6 Å². The van der Waals surface area contributed by atoms with Crippen LogP contribution < -0.4 is 4.74 Å². The smallest absolute Gasteiger partial charge is 0.405 e. The van der Waals surface area contributed by atoms with Crippen LogP contribution in [0.2, 0.25) is 0 Å². The van der Waals surface area contributed by atoms with Crippen molar-refractivity contribution in [2.24, 2.45) is 0 Å². The molecule has 0 radical (unpaired) electrons. The van der Waals surface area contributed by atoms with Crippen LogP contribution in [0.3, 0.4) is 0 Å². The normalized spacial score (nSPS) is 14.7.